The van der Waals surface area contributed by atoms with Crippen molar-refractivity contribution < 1.29 is 23.7 Å². The SMILES string of the molecule is NC(=O)CCC(NC(=O)NC1CCS(=O)CC1)C(=O)O. The molecule has 1 aliphatic heterocycles. The molecule has 20 heavy (non-hydrogen) atoms. The predicted molar refractivity (Wildman–Crippen MR) is 72.4 cm³/mol. The molecular weight excluding hydrogens is 286 g/mol. The summed E-state index contributed by atoms with van der Waals surface area (Å²) in [6, 6.07) is -1.85. The van der Waals surface area contributed by atoms with Crippen molar-refractivity contribution in [2.45, 2.75) is 37.8 Å². The van der Waals surface area contributed by atoms with Crippen molar-refractivity contribution in [3.05, 3.63) is 0 Å². The van der Waals surface area contributed by atoms with Gasteiger partial charge in [0, 0.05) is 34.8 Å². The lowest BCUT2D eigenvalue weighted by atomic mass is 10.1. The van der Waals surface area contributed by atoms with E-state index in [4.69, 9.17) is 10.8 Å². The van der Waals surface area contributed by atoms with Gasteiger partial charge in [0.2, 0.25) is 5.91 Å². The Bertz CT molecular complexity index is 405. The van der Waals surface area contributed by atoms with Gasteiger partial charge in [-0.15, -0.1) is 0 Å². The van der Waals surface area contributed by atoms with E-state index < -0.39 is 34.7 Å². The summed E-state index contributed by atoms with van der Waals surface area (Å²) in [5.41, 5.74) is 4.95. The number of urea groups is 1. The Morgan fingerprint density at radius 2 is 1.90 bits per heavy atom. The molecule has 8 nitrogen and oxygen atoms in total. The molecule has 1 fully saturated rings. The highest BCUT2D eigenvalue weighted by Crippen LogP contribution is 2.09. The van der Waals surface area contributed by atoms with Crippen LogP contribution in [0.3, 0.4) is 0 Å². The number of hydrogen-bond acceptors (Lipinski definition) is 4. The number of primary amides is 1. The number of carboxylic acid groups (broad SMARTS) is 1. The van der Waals surface area contributed by atoms with E-state index >= 15 is 0 Å². The molecule has 5 N–H and O–H groups in total. The van der Waals surface area contributed by atoms with Crippen LogP contribution in [0.5, 0.6) is 0 Å². The molecule has 0 aromatic rings. The van der Waals surface area contributed by atoms with Crippen LogP contribution in [0.25, 0.3) is 0 Å². The van der Waals surface area contributed by atoms with Crippen molar-refractivity contribution in [2.24, 2.45) is 5.73 Å². The van der Waals surface area contributed by atoms with Crippen molar-refractivity contribution in [1.82, 2.24) is 10.6 Å². The molecule has 0 aromatic heterocycles. The molecule has 0 spiro atoms. The van der Waals surface area contributed by atoms with Gasteiger partial charge in [-0.25, -0.2) is 9.59 Å². The molecular formula is C11H19N3O5S. The lowest BCUT2D eigenvalue weighted by Crippen LogP contribution is -2.50. The quantitative estimate of drug-likeness (QED) is 0.494. The van der Waals surface area contributed by atoms with E-state index in [-0.39, 0.29) is 18.9 Å². The van der Waals surface area contributed by atoms with Gasteiger partial charge in [-0.1, -0.05) is 0 Å². The van der Waals surface area contributed by atoms with Gasteiger partial charge in [-0.05, 0) is 19.3 Å². The van der Waals surface area contributed by atoms with Crippen LogP contribution in [-0.4, -0.2) is 50.8 Å². The van der Waals surface area contributed by atoms with Crippen molar-refractivity contribution >= 4 is 28.7 Å². The molecule has 0 aliphatic carbocycles. The van der Waals surface area contributed by atoms with E-state index in [1.165, 1.54) is 0 Å². The second-order valence-electron chi connectivity index (χ2n) is 4.64. The highest BCUT2D eigenvalue weighted by atomic mass is 32.2. The second kappa shape index (κ2) is 7.83. The first-order valence-corrected chi connectivity index (χ1v) is 7.80. The minimum Gasteiger partial charge on any atom is -0.480 e. The lowest BCUT2D eigenvalue weighted by Gasteiger charge is -2.23. The van der Waals surface area contributed by atoms with Gasteiger partial charge >= 0.3 is 12.0 Å². The Kier molecular flexibility index (Phi) is 6.43. The van der Waals surface area contributed by atoms with Crippen LogP contribution in [0.4, 0.5) is 4.79 Å². The van der Waals surface area contributed by atoms with Gasteiger partial charge in [0.1, 0.15) is 6.04 Å². The van der Waals surface area contributed by atoms with Crippen LogP contribution >= 0.6 is 0 Å². The van der Waals surface area contributed by atoms with Crippen molar-refractivity contribution in [2.75, 3.05) is 11.5 Å². The van der Waals surface area contributed by atoms with Gasteiger partial charge in [0.05, 0.1) is 0 Å². The van der Waals surface area contributed by atoms with Gasteiger partial charge in [0.15, 0.2) is 0 Å². The lowest BCUT2D eigenvalue weighted by molar-refractivity contribution is -0.139. The number of carboxylic acids is 1. The first-order chi connectivity index (χ1) is 9.38. The third-order valence-corrected chi connectivity index (χ3v) is 4.39. The molecule has 9 heteroatoms. The zero-order chi connectivity index (χ0) is 15.1. The van der Waals surface area contributed by atoms with E-state index in [0.717, 1.165) is 0 Å². The summed E-state index contributed by atoms with van der Waals surface area (Å²) < 4.78 is 11.2. The average Bonchev–Trinajstić information content (AvgIpc) is 2.36. The van der Waals surface area contributed by atoms with Crippen LogP contribution in [0.1, 0.15) is 25.7 Å². The minimum atomic E-state index is -1.22. The summed E-state index contributed by atoms with van der Waals surface area (Å²) in [5.74, 6) is -0.761. The number of carbonyl (C=O) groups is 3. The summed E-state index contributed by atoms with van der Waals surface area (Å²) >= 11 is 0. The third kappa shape index (κ3) is 6.00. The van der Waals surface area contributed by atoms with Gasteiger partial charge < -0.3 is 21.5 Å². The number of carbonyl (C=O) groups excluding carboxylic acids is 2. The molecule has 1 heterocycles. The monoisotopic (exact) mass is 305 g/mol. The first kappa shape index (κ1) is 16.4. The van der Waals surface area contributed by atoms with E-state index in [1.807, 2.05) is 0 Å². The average molecular weight is 305 g/mol. The Morgan fingerprint density at radius 1 is 1.30 bits per heavy atom. The normalized spacial score (nSPS) is 23.6. The summed E-state index contributed by atoms with van der Waals surface area (Å²) in [5, 5.41) is 13.9. The van der Waals surface area contributed by atoms with Crippen LogP contribution in [-0.2, 0) is 20.4 Å². The molecule has 1 atom stereocenters. The summed E-state index contributed by atoms with van der Waals surface area (Å²) in [7, 11) is -0.819. The minimum absolute atomic E-state index is 0.0488. The third-order valence-electron chi connectivity index (χ3n) is 3.01. The maximum atomic E-state index is 11.7. The zero-order valence-electron chi connectivity index (χ0n) is 11.0. The van der Waals surface area contributed by atoms with Crippen molar-refractivity contribution in [1.29, 1.82) is 0 Å². The number of nitrogens with two attached hydrogens (primary N) is 1. The van der Waals surface area contributed by atoms with Gasteiger partial charge in [-0.2, -0.15) is 0 Å². The zero-order valence-corrected chi connectivity index (χ0v) is 11.8. The first-order valence-electron chi connectivity index (χ1n) is 6.31. The fourth-order valence-electron chi connectivity index (χ4n) is 1.87. The Hall–Kier alpha value is -1.64. The number of nitrogens with one attached hydrogen (secondary N) is 2. The molecule has 1 saturated heterocycles. The van der Waals surface area contributed by atoms with Crippen LogP contribution in [0.2, 0.25) is 0 Å². The molecule has 114 valence electrons. The smallest absolute Gasteiger partial charge is 0.326 e. The number of rotatable bonds is 6. The van der Waals surface area contributed by atoms with E-state index in [2.05, 4.69) is 10.6 Å². The topological polar surface area (TPSA) is 139 Å². The standard InChI is InChI=1S/C11H19N3O5S/c12-9(15)2-1-8(10(16)17)14-11(18)13-7-3-5-20(19)6-4-7/h7-8H,1-6H2,(H2,12,15)(H,16,17)(H2,13,14,18). The van der Waals surface area contributed by atoms with E-state index in [9.17, 15) is 18.6 Å². The number of hydrogen-bond donors (Lipinski definition) is 4. The van der Waals surface area contributed by atoms with E-state index in [1.54, 1.807) is 0 Å². The second-order valence-corrected chi connectivity index (χ2v) is 6.33. The summed E-state index contributed by atoms with van der Waals surface area (Å²) in [6.07, 6.45) is 1.06. The molecule has 1 rings (SSSR count). The van der Waals surface area contributed by atoms with Gasteiger partial charge in [-0.3, -0.25) is 9.00 Å². The summed E-state index contributed by atoms with van der Waals surface area (Å²) in [4.78, 5) is 33.3. The van der Waals surface area contributed by atoms with Crippen molar-refractivity contribution in [3.8, 4) is 0 Å². The van der Waals surface area contributed by atoms with Crippen LogP contribution < -0.4 is 16.4 Å². The highest BCUT2D eigenvalue weighted by Gasteiger charge is 2.23. The van der Waals surface area contributed by atoms with Crippen LogP contribution in [0, 0.1) is 0 Å². The summed E-state index contributed by atoms with van der Waals surface area (Å²) in [6.45, 7) is 0. The maximum Gasteiger partial charge on any atom is 0.326 e. The molecule has 0 radical (unpaired) electrons. The molecule has 0 aromatic carbocycles. The Morgan fingerprint density at radius 3 is 2.40 bits per heavy atom. The molecule has 1 unspecified atom stereocenters. The van der Waals surface area contributed by atoms with E-state index in [0.29, 0.717) is 24.3 Å². The predicted octanol–water partition coefficient (Wildman–Crippen LogP) is -1.08. The molecule has 0 bridgehead atoms. The largest absolute Gasteiger partial charge is 0.480 e. The molecule has 1 aliphatic rings. The Balaban J connectivity index is 2.39. The highest BCUT2D eigenvalue weighted by molar-refractivity contribution is 7.85. The van der Waals surface area contributed by atoms with Gasteiger partial charge in [0.25, 0.3) is 0 Å². The Labute approximate surface area is 118 Å². The number of amides is 3. The fourth-order valence-corrected chi connectivity index (χ4v) is 3.17. The maximum absolute atomic E-state index is 11.7. The fraction of sp³-hybridized carbons (Fsp3) is 0.727. The molecule has 0 saturated carbocycles. The van der Waals surface area contributed by atoms with Crippen molar-refractivity contribution in [3.63, 3.8) is 0 Å². The van der Waals surface area contributed by atoms with Crippen LogP contribution in [0.15, 0.2) is 0 Å². The molecule has 3 amide bonds. The number of aliphatic carboxylic acids is 1.